The van der Waals surface area contributed by atoms with Crippen molar-refractivity contribution in [2.45, 2.75) is 13.5 Å². The van der Waals surface area contributed by atoms with Gasteiger partial charge in [-0.05, 0) is 25.1 Å². The monoisotopic (exact) mass is 405 g/mol. The molecule has 1 heterocycles. The minimum atomic E-state index is -0.974. The third-order valence-corrected chi connectivity index (χ3v) is 4.25. The Labute approximate surface area is 172 Å². The second kappa shape index (κ2) is 9.33. The summed E-state index contributed by atoms with van der Waals surface area (Å²) in [4.78, 5) is 39.5. The molecular formula is C22H19N3O5. The number of amides is 2. The first-order valence-corrected chi connectivity index (χ1v) is 8.98. The van der Waals surface area contributed by atoms with Gasteiger partial charge in [-0.25, -0.2) is 9.59 Å². The number of nitrogens with zero attached hydrogens (tertiary/aromatic N) is 1. The first kappa shape index (κ1) is 20.5. The van der Waals surface area contributed by atoms with E-state index in [2.05, 4.69) is 10.3 Å². The van der Waals surface area contributed by atoms with Crippen molar-refractivity contribution >= 4 is 24.2 Å². The molecule has 0 aliphatic carbocycles. The Morgan fingerprint density at radius 1 is 1.10 bits per heavy atom. The molecule has 2 aromatic carbocycles. The lowest BCUT2D eigenvalue weighted by Crippen LogP contribution is -2.17. The van der Waals surface area contributed by atoms with Crippen LogP contribution in [0, 0.1) is 6.92 Å². The molecule has 1 aromatic heterocycles. The van der Waals surface area contributed by atoms with Crippen LogP contribution >= 0.6 is 0 Å². The van der Waals surface area contributed by atoms with E-state index in [0.717, 1.165) is 0 Å². The number of benzene rings is 2. The van der Waals surface area contributed by atoms with Crippen LogP contribution in [0.3, 0.4) is 0 Å². The number of hydrogen-bond acceptors (Lipinski definition) is 6. The highest BCUT2D eigenvalue weighted by Crippen LogP contribution is 2.35. The molecule has 2 amide bonds. The van der Waals surface area contributed by atoms with E-state index < -0.39 is 12.2 Å². The Morgan fingerprint density at radius 3 is 2.50 bits per heavy atom. The minimum absolute atomic E-state index is 0.175. The Hall–Kier alpha value is -4.20. The minimum Gasteiger partial charge on any atom is -0.444 e. The predicted molar refractivity (Wildman–Crippen MR) is 110 cm³/mol. The number of hydrogen-bond donors (Lipinski definition) is 2. The summed E-state index contributed by atoms with van der Waals surface area (Å²) in [7, 11) is 0. The van der Waals surface area contributed by atoms with Crippen molar-refractivity contribution in [3.05, 3.63) is 77.6 Å². The molecule has 0 saturated carbocycles. The highest BCUT2D eigenvalue weighted by Gasteiger charge is 2.19. The number of nitrogens with two attached hydrogens (primary N) is 1. The number of aryl methyl sites for hydroxylation is 1. The van der Waals surface area contributed by atoms with E-state index in [4.69, 9.17) is 15.2 Å². The van der Waals surface area contributed by atoms with Crippen molar-refractivity contribution < 1.29 is 23.9 Å². The van der Waals surface area contributed by atoms with Gasteiger partial charge in [0.1, 0.15) is 12.4 Å². The molecule has 0 aliphatic rings. The standard InChI is InChI=1S/C22H19N3O5/c1-14-20(17-9-5-6-10-19(17)30-21(23)27)18(12-26)15(11-24-14)13-29-22(28)25-16-7-3-2-4-8-16/h2-12H,13H2,1H3,(H2,23,27)(H,25,28). The molecule has 0 aliphatic heterocycles. The molecule has 8 heteroatoms. The second-order valence-electron chi connectivity index (χ2n) is 6.26. The van der Waals surface area contributed by atoms with Gasteiger partial charge in [-0.3, -0.25) is 15.1 Å². The molecule has 0 radical (unpaired) electrons. The number of nitrogens with one attached hydrogen (secondary N) is 1. The van der Waals surface area contributed by atoms with E-state index in [1.807, 2.05) is 6.07 Å². The highest BCUT2D eigenvalue weighted by molar-refractivity contribution is 5.92. The summed E-state index contributed by atoms with van der Waals surface area (Å²) in [6.45, 7) is 1.54. The molecule has 3 aromatic rings. The van der Waals surface area contributed by atoms with Crippen LogP contribution in [-0.4, -0.2) is 23.5 Å². The fraction of sp³-hybridized carbons (Fsp3) is 0.0909. The van der Waals surface area contributed by atoms with Gasteiger partial charge in [0.15, 0.2) is 6.29 Å². The number of aldehydes is 1. The molecule has 0 spiro atoms. The Kier molecular flexibility index (Phi) is 6.39. The zero-order chi connectivity index (χ0) is 21.5. The van der Waals surface area contributed by atoms with E-state index in [9.17, 15) is 14.4 Å². The van der Waals surface area contributed by atoms with Crippen molar-refractivity contribution in [3.63, 3.8) is 0 Å². The zero-order valence-corrected chi connectivity index (χ0v) is 16.1. The molecular weight excluding hydrogens is 386 g/mol. The first-order valence-electron chi connectivity index (χ1n) is 8.98. The molecule has 0 fully saturated rings. The van der Waals surface area contributed by atoms with Crippen molar-refractivity contribution in [2.75, 3.05) is 5.32 Å². The van der Waals surface area contributed by atoms with Gasteiger partial charge in [0.05, 0.1) is 0 Å². The lowest BCUT2D eigenvalue weighted by atomic mass is 9.95. The Morgan fingerprint density at radius 2 is 1.80 bits per heavy atom. The van der Waals surface area contributed by atoms with Crippen molar-refractivity contribution in [1.82, 2.24) is 4.98 Å². The maximum atomic E-state index is 12.1. The van der Waals surface area contributed by atoms with E-state index in [1.54, 1.807) is 55.5 Å². The smallest absolute Gasteiger partial charge is 0.411 e. The van der Waals surface area contributed by atoms with Crippen LogP contribution in [0.2, 0.25) is 0 Å². The van der Waals surface area contributed by atoms with Gasteiger partial charge in [-0.15, -0.1) is 0 Å². The Bertz CT molecular complexity index is 1080. The fourth-order valence-corrected chi connectivity index (χ4v) is 2.94. The predicted octanol–water partition coefficient (Wildman–Crippen LogP) is 4.08. The topological polar surface area (TPSA) is 121 Å². The SMILES string of the molecule is Cc1ncc(COC(=O)Nc2ccccc2)c(C=O)c1-c1ccccc1OC(N)=O. The molecule has 8 nitrogen and oxygen atoms in total. The van der Waals surface area contributed by atoms with Crippen molar-refractivity contribution in [3.8, 4) is 16.9 Å². The van der Waals surface area contributed by atoms with E-state index >= 15 is 0 Å². The number of ether oxygens (including phenoxy) is 2. The Balaban J connectivity index is 1.89. The number of anilines is 1. The summed E-state index contributed by atoms with van der Waals surface area (Å²) in [5, 5.41) is 2.60. The van der Waals surface area contributed by atoms with Gasteiger partial charge in [0, 0.05) is 39.8 Å². The van der Waals surface area contributed by atoms with Crippen LogP contribution in [0.5, 0.6) is 5.75 Å². The summed E-state index contributed by atoms with van der Waals surface area (Å²) in [6, 6.07) is 15.5. The van der Waals surface area contributed by atoms with Gasteiger partial charge in [0.25, 0.3) is 0 Å². The molecule has 0 bridgehead atoms. The number of aromatic nitrogens is 1. The number of carbonyl (C=O) groups excluding carboxylic acids is 3. The van der Waals surface area contributed by atoms with Crippen molar-refractivity contribution in [2.24, 2.45) is 5.73 Å². The summed E-state index contributed by atoms with van der Waals surface area (Å²) in [6.07, 6.45) is 0.477. The average molecular weight is 405 g/mol. The van der Waals surface area contributed by atoms with E-state index in [0.29, 0.717) is 34.4 Å². The molecule has 0 unspecified atom stereocenters. The lowest BCUT2D eigenvalue weighted by molar-refractivity contribution is 0.111. The maximum Gasteiger partial charge on any atom is 0.411 e. The molecule has 0 atom stereocenters. The zero-order valence-electron chi connectivity index (χ0n) is 16.1. The summed E-state index contributed by atoms with van der Waals surface area (Å²) >= 11 is 0. The summed E-state index contributed by atoms with van der Waals surface area (Å²) in [5.41, 5.74) is 7.88. The van der Waals surface area contributed by atoms with E-state index in [1.165, 1.54) is 6.20 Å². The normalized spacial score (nSPS) is 10.2. The van der Waals surface area contributed by atoms with Crippen LogP contribution in [0.15, 0.2) is 60.8 Å². The fourth-order valence-electron chi connectivity index (χ4n) is 2.94. The number of pyridine rings is 1. The average Bonchev–Trinajstić information content (AvgIpc) is 2.73. The van der Waals surface area contributed by atoms with Crippen LogP contribution < -0.4 is 15.8 Å². The molecule has 3 rings (SSSR count). The van der Waals surface area contributed by atoms with Crippen LogP contribution in [-0.2, 0) is 11.3 Å². The number of primary amides is 1. The van der Waals surface area contributed by atoms with Gasteiger partial charge in [-0.2, -0.15) is 0 Å². The van der Waals surface area contributed by atoms with Gasteiger partial charge < -0.3 is 15.2 Å². The summed E-state index contributed by atoms with van der Waals surface area (Å²) < 4.78 is 10.3. The third kappa shape index (κ3) is 4.79. The number of para-hydroxylation sites is 2. The molecule has 0 saturated heterocycles. The van der Waals surface area contributed by atoms with E-state index in [-0.39, 0.29) is 17.9 Å². The number of carbonyl (C=O) groups is 3. The highest BCUT2D eigenvalue weighted by atomic mass is 16.6. The second-order valence-corrected chi connectivity index (χ2v) is 6.26. The maximum absolute atomic E-state index is 12.1. The number of rotatable bonds is 6. The van der Waals surface area contributed by atoms with Crippen LogP contribution in [0.1, 0.15) is 21.6 Å². The largest absolute Gasteiger partial charge is 0.444 e. The first-order chi connectivity index (χ1) is 14.5. The van der Waals surface area contributed by atoms with Gasteiger partial charge in [-0.1, -0.05) is 36.4 Å². The third-order valence-electron chi connectivity index (χ3n) is 4.25. The van der Waals surface area contributed by atoms with Gasteiger partial charge >= 0.3 is 12.2 Å². The van der Waals surface area contributed by atoms with Crippen LogP contribution in [0.25, 0.3) is 11.1 Å². The lowest BCUT2D eigenvalue weighted by Gasteiger charge is -2.15. The molecule has 152 valence electrons. The van der Waals surface area contributed by atoms with Gasteiger partial charge in [0.2, 0.25) is 0 Å². The molecule has 30 heavy (non-hydrogen) atoms. The summed E-state index contributed by atoms with van der Waals surface area (Å²) in [5.74, 6) is 0.192. The quantitative estimate of drug-likeness (QED) is 0.596. The van der Waals surface area contributed by atoms with Crippen molar-refractivity contribution in [1.29, 1.82) is 0 Å². The molecule has 3 N–H and O–H groups in total. The van der Waals surface area contributed by atoms with Crippen LogP contribution in [0.4, 0.5) is 15.3 Å².